The van der Waals surface area contributed by atoms with Crippen molar-refractivity contribution in [2.45, 2.75) is 13.0 Å². The second-order valence-corrected chi connectivity index (χ2v) is 6.92. The van der Waals surface area contributed by atoms with E-state index in [0.29, 0.717) is 12.1 Å². The number of benzene rings is 2. The average Bonchev–Trinajstić information content (AvgIpc) is 3.38. The molecule has 3 aromatic rings. The van der Waals surface area contributed by atoms with Crippen molar-refractivity contribution in [2.75, 3.05) is 29.7 Å². The molecule has 6 heteroatoms. The Morgan fingerprint density at radius 1 is 0.964 bits per heavy atom. The molecule has 0 unspecified atom stereocenters. The molecule has 0 saturated carbocycles. The smallest absolute Gasteiger partial charge is 0.261 e. The van der Waals surface area contributed by atoms with Crippen molar-refractivity contribution < 1.29 is 18.7 Å². The number of furan rings is 1. The number of carbonyl (C=O) groups excluding carboxylic acids is 1. The van der Waals surface area contributed by atoms with Gasteiger partial charge in [0.15, 0.2) is 11.5 Å². The standard InChI is InChI=1S/C22H20N2O4/c25-22(17-8-11-26-14-17)24-10-3-9-23(18-4-1-2-5-19(18)24)13-16-6-7-20-21(12-16)28-15-27-20/h1-2,4-8,11-12,14H,3,9-10,13,15H2. The molecule has 2 aromatic carbocycles. The number of nitrogens with zero attached hydrogens (tertiary/aromatic N) is 2. The Kier molecular flexibility index (Phi) is 4.16. The summed E-state index contributed by atoms with van der Waals surface area (Å²) in [6.07, 6.45) is 3.91. The van der Waals surface area contributed by atoms with E-state index in [4.69, 9.17) is 13.9 Å². The molecule has 2 aliphatic heterocycles. The lowest BCUT2D eigenvalue weighted by Gasteiger charge is -2.26. The number of anilines is 2. The van der Waals surface area contributed by atoms with Gasteiger partial charge in [0.05, 0.1) is 23.2 Å². The third-order valence-electron chi connectivity index (χ3n) is 5.15. The van der Waals surface area contributed by atoms with Gasteiger partial charge in [-0.25, -0.2) is 0 Å². The summed E-state index contributed by atoms with van der Waals surface area (Å²) in [5.74, 6) is 1.54. The summed E-state index contributed by atoms with van der Waals surface area (Å²) in [4.78, 5) is 17.1. The lowest BCUT2D eigenvalue weighted by molar-refractivity contribution is 0.0986. The van der Waals surface area contributed by atoms with E-state index < -0.39 is 0 Å². The van der Waals surface area contributed by atoms with Crippen molar-refractivity contribution in [3.8, 4) is 11.5 Å². The van der Waals surface area contributed by atoms with Gasteiger partial charge in [-0.05, 0) is 42.3 Å². The fraction of sp³-hybridized carbons (Fsp3) is 0.227. The highest BCUT2D eigenvalue weighted by Gasteiger charge is 2.26. The quantitative estimate of drug-likeness (QED) is 0.690. The molecule has 5 rings (SSSR count). The molecule has 2 aliphatic rings. The molecule has 0 spiro atoms. The number of amides is 1. The van der Waals surface area contributed by atoms with Gasteiger partial charge in [-0.1, -0.05) is 18.2 Å². The molecule has 0 aliphatic carbocycles. The van der Waals surface area contributed by atoms with Gasteiger partial charge in [-0.2, -0.15) is 0 Å². The van der Waals surface area contributed by atoms with Crippen molar-refractivity contribution in [2.24, 2.45) is 0 Å². The monoisotopic (exact) mass is 376 g/mol. The van der Waals surface area contributed by atoms with Crippen molar-refractivity contribution >= 4 is 17.3 Å². The van der Waals surface area contributed by atoms with Gasteiger partial charge in [-0.3, -0.25) is 4.79 Å². The van der Waals surface area contributed by atoms with Gasteiger partial charge >= 0.3 is 0 Å². The van der Waals surface area contributed by atoms with Crippen LogP contribution in [0.4, 0.5) is 11.4 Å². The number of carbonyl (C=O) groups is 1. The van der Waals surface area contributed by atoms with Crippen LogP contribution in [0, 0.1) is 0 Å². The first-order valence-electron chi connectivity index (χ1n) is 9.36. The van der Waals surface area contributed by atoms with E-state index in [2.05, 4.69) is 17.0 Å². The maximum absolute atomic E-state index is 13.0. The summed E-state index contributed by atoms with van der Waals surface area (Å²) >= 11 is 0. The zero-order valence-electron chi connectivity index (χ0n) is 15.3. The van der Waals surface area contributed by atoms with Crippen molar-refractivity contribution in [3.63, 3.8) is 0 Å². The van der Waals surface area contributed by atoms with Crippen LogP contribution in [-0.2, 0) is 6.54 Å². The first-order valence-corrected chi connectivity index (χ1v) is 9.36. The van der Waals surface area contributed by atoms with Crippen LogP contribution in [0.2, 0.25) is 0 Å². The molecule has 0 N–H and O–H groups in total. The minimum Gasteiger partial charge on any atom is -0.472 e. The maximum atomic E-state index is 13.0. The van der Waals surface area contributed by atoms with Gasteiger partial charge in [0, 0.05) is 19.6 Å². The largest absolute Gasteiger partial charge is 0.472 e. The number of ether oxygens (including phenoxy) is 2. The summed E-state index contributed by atoms with van der Waals surface area (Å²) in [5, 5.41) is 0. The van der Waals surface area contributed by atoms with Gasteiger partial charge in [0.1, 0.15) is 6.26 Å². The maximum Gasteiger partial charge on any atom is 0.261 e. The SMILES string of the molecule is O=C(c1ccoc1)N1CCCN(Cc2ccc3c(c2)OCO3)c2ccccc21. The topological polar surface area (TPSA) is 55.2 Å². The summed E-state index contributed by atoms with van der Waals surface area (Å²) in [6, 6.07) is 15.8. The number of hydrogen-bond donors (Lipinski definition) is 0. The van der Waals surface area contributed by atoms with E-state index in [9.17, 15) is 4.79 Å². The first-order chi connectivity index (χ1) is 13.8. The van der Waals surface area contributed by atoms with Crippen molar-refractivity contribution in [1.29, 1.82) is 0 Å². The van der Waals surface area contributed by atoms with Crippen LogP contribution in [-0.4, -0.2) is 25.8 Å². The second kappa shape index (κ2) is 6.96. The van der Waals surface area contributed by atoms with Gasteiger partial charge in [0.2, 0.25) is 6.79 Å². The number of para-hydroxylation sites is 2. The number of hydrogen-bond acceptors (Lipinski definition) is 5. The molecule has 28 heavy (non-hydrogen) atoms. The Hall–Kier alpha value is -3.41. The van der Waals surface area contributed by atoms with Crippen LogP contribution >= 0.6 is 0 Å². The predicted octanol–water partition coefficient (Wildman–Crippen LogP) is 4.07. The van der Waals surface area contributed by atoms with Gasteiger partial charge in [-0.15, -0.1) is 0 Å². The van der Waals surface area contributed by atoms with Crippen molar-refractivity contribution in [1.82, 2.24) is 0 Å². The molecule has 142 valence electrons. The average molecular weight is 376 g/mol. The second-order valence-electron chi connectivity index (χ2n) is 6.92. The molecule has 3 heterocycles. The Morgan fingerprint density at radius 2 is 1.82 bits per heavy atom. The normalized spacial score (nSPS) is 15.3. The Balaban J connectivity index is 1.46. The molecule has 1 aromatic heterocycles. The van der Waals surface area contributed by atoms with E-state index in [1.807, 2.05) is 35.2 Å². The Labute approximate surface area is 162 Å². The lowest BCUT2D eigenvalue weighted by Crippen LogP contribution is -2.31. The zero-order chi connectivity index (χ0) is 18.9. The van der Waals surface area contributed by atoms with Crippen molar-refractivity contribution in [3.05, 3.63) is 72.2 Å². The minimum absolute atomic E-state index is 0.0360. The fourth-order valence-electron chi connectivity index (χ4n) is 3.80. The molecule has 6 nitrogen and oxygen atoms in total. The third kappa shape index (κ3) is 2.97. The highest BCUT2D eigenvalue weighted by Crippen LogP contribution is 2.36. The first kappa shape index (κ1) is 16.7. The summed E-state index contributed by atoms with van der Waals surface area (Å²) < 4.78 is 16.0. The molecular weight excluding hydrogens is 356 g/mol. The van der Waals surface area contributed by atoms with Crippen LogP contribution in [0.3, 0.4) is 0 Å². The van der Waals surface area contributed by atoms with E-state index >= 15 is 0 Å². The number of rotatable bonds is 3. The van der Waals surface area contributed by atoms with Crippen LogP contribution < -0.4 is 19.3 Å². The van der Waals surface area contributed by atoms with Gasteiger partial charge < -0.3 is 23.7 Å². The lowest BCUT2D eigenvalue weighted by atomic mass is 10.1. The molecule has 0 bridgehead atoms. The molecule has 0 fully saturated rings. The molecule has 0 saturated heterocycles. The molecule has 0 atom stereocenters. The molecule has 0 radical (unpaired) electrons. The minimum atomic E-state index is -0.0360. The van der Waals surface area contributed by atoms with E-state index in [1.165, 1.54) is 12.5 Å². The summed E-state index contributed by atoms with van der Waals surface area (Å²) in [7, 11) is 0. The van der Waals surface area contributed by atoms with Crippen LogP contribution in [0.1, 0.15) is 22.3 Å². The van der Waals surface area contributed by atoms with Gasteiger partial charge in [0.25, 0.3) is 5.91 Å². The Bertz CT molecular complexity index is 1000. The molecule has 1 amide bonds. The summed E-state index contributed by atoms with van der Waals surface area (Å²) in [6.45, 7) is 2.54. The fourth-order valence-corrected chi connectivity index (χ4v) is 3.80. The highest BCUT2D eigenvalue weighted by molar-refractivity contribution is 6.07. The highest BCUT2D eigenvalue weighted by atomic mass is 16.7. The molecular formula is C22H20N2O4. The van der Waals surface area contributed by atoms with E-state index in [1.54, 1.807) is 6.07 Å². The van der Waals surface area contributed by atoms with Crippen LogP contribution in [0.15, 0.2) is 65.5 Å². The van der Waals surface area contributed by atoms with E-state index in [0.717, 1.165) is 47.9 Å². The zero-order valence-corrected chi connectivity index (χ0v) is 15.3. The van der Waals surface area contributed by atoms with E-state index in [-0.39, 0.29) is 12.7 Å². The van der Waals surface area contributed by atoms with Crippen LogP contribution in [0.5, 0.6) is 11.5 Å². The van der Waals surface area contributed by atoms with Crippen LogP contribution in [0.25, 0.3) is 0 Å². The number of fused-ring (bicyclic) bond motifs is 2. The third-order valence-corrected chi connectivity index (χ3v) is 5.15. The predicted molar refractivity (Wildman–Crippen MR) is 105 cm³/mol. The summed E-state index contributed by atoms with van der Waals surface area (Å²) in [5.41, 5.74) is 3.69. The Morgan fingerprint density at radius 3 is 2.68 bits per heavy atom.